The Kier molecular flexibility index (Phi) is 5.71. The summed E-state index contributed by atoms with van der Waals surface area (Å²) < 4.78 is 30.7. The monoisotopic (exact) mass is 419 g/mol. The van der Waals surface area contributed by atoms with Crippen molar-refractivity contribution in [3.05, 3.63) is 26.6 Å². The summed E-state index contributed by atoms with van der Waals surface area (Å²) in [6, 6.07) is 1.35. The summed E-state index contributed by atoms with van der Waals surface area (Å²) in [6.45, 7) is 0. The molecule has 0 amide bonds. The van der Waals surface area contributed by atoms with E-state index in [1.807, 2.05) is 22.6 Å². The van der Waals surface area contributed by atoms with Crippen LogP contribution in [0.1, 0.15) is 23.4 Å². The van der Waals surface area contributed by atoms with Gasteiger partial charge in [0.05, 0.1) is 24.9 Å². The van der Waals surface area contributed by atoms with Crippen LogP contribution in [-0.2, 0) is 21.3 Å². The van der Waals surface area contributed by atoms with Crippen molar-refractivity contribution in [2.75, 3.05) is 7.11 Å². The van der Waals surface area contributed by atoms with E-state index in [1.54, 1.807) is 0 Å². The largest absolute Gasteiger partial charge is 0.469 e. The lowest BCUT2D eigenvalue weighted by molar-refractivity contribution is -0.139. The number of halogens is 4. The fraction of sp³-hybridized carbons (Fsp3) is 0.400. The number of alkyl halides is 3. The Morgan fingerprint density at radius 1 is 1.59 bits per heavy atom. The molecule has 94 valence electrons. The van der Waals surface area contributed by atoms with Crippen LogP contribution in [0, 0.1) is 3.57 Å². The molecule has 0 fully saturated rings. The van der Waals surface area contributed by atoms with E-state index in [-0.39, 0.29) is 17.7 Å². The first-order valence-electron chi connectivity index (χ1n) is 4.58. The lowest BCUT2D eigenvalue weighted by atomic mass is 10.1. The van der Waals surface area contributed by atoms with Crippen LogP contribution in [0.3, 0.4) is 0 Å². The topological polar surface area (TPSA) is 39.2 Å². The molecule has 3 nitrogen and oxygen atoms in total. The van der Waals surface area contributed by atoms with Crippen LogP contribution >= 0.6 is 38.5 Å². The van der Waals surface area contributed by atoms with Gasteiger partial charge in [-0.2, -0.15) is 0 Å². The van der Waals surface area contributed by atoms with Crippen LogP contribution < -0.4 is 0 Å². The summed E-state index contributed by atoms with van der Waals surface area (Å²) >= 11 is 5.15. The highest BCUT2D eigenvalue weighted by atomic mass is 127. The van der Waals surface area contributed by atoms with E-state index in [4.69, 9.17) is 0 Å². The maximum absolute atomic E-state index is 12.8. The molecule has 1 rings (SSSR count). The van der Waals surface area contributed by atoms with Crippen LogP contribution in [0.4, 0.5) is 8.78 Å². The summed E-state index contributed by atoms with van der Waals surface area (Å²) in [6.07, 6.45) is -2.90. The van der Waals surface area contributed by atoms with E-state index < -0.39 is 12.4 Å². The lowest BCUT2D eigenvalue weighted by Gasteiger charge is -2.10. The minimum Gasteiger partial charge on any atom is -0.469 e. The zero-order valence-corrected chi connectivity index (χ0v) is 12.6. The van der Waals surface area contributed by atoms with Crippen LogP contribution in [0.15, 0.2) is 6.07 Å². The van der Waals surface area contributed by atoms with E-state index in [1.165, 1.54) is 13.2 Å². The maximum Gasteiger partial charge on any atom is 0.311 e. The van der Waals surface area contributed by atoms with Gasteiger partial charge >= 0.3 is 5.97 Å². The number of esters is 1. The molecule has 7 heteroatoms. The minimum atomic E-state index is -2.65. The van der Waals surface area contributed by atoms with Crippen LogP contribution in [-0.4, -0.2) is 18.1 Å². The number of methoxy groups -OCH3 is 1. The Balaban J connectivity index is 3.19. The molecule has 17 heavy (non-hydrogen) atoms. The van der Waals surface area contributed by atoms with Gasteiger partial charge in [-0.05, 0) is 28.7 Å². The molecular weight excluding hydrogens is 411 g/mol. The average molecular weight is 420 g/mol. The predicted molar refractivity (Wildman–Crippen MR) is 70.3 cm³/mol. The highest BCUT2D eigenvalue weighted by molar-refractivity contribution is 14.1. The molecule has 0 N–H and O–H groups in total. The maximum atomic E-state index is 12.8. The third-order valence-electron chi connectivity index (χ3n) is 2.06. The van der Waals surface area contributed by atoms with E-state index >= 15 is 0 Å². The summed E-state index contributed by atoms with van der Waals surface area (Å²) in [7, 11) is 1.21. The molecule has 0 unspecified atom stereocenters. The molecule has 1 aromatic rings. The van der Waals surface area contributed by atoms with Crippen molar-refractivity contribution in [1.82, 2.24) is 4.98 Å². The van der Waals surface area contributed by atoms with Crippen molar-refractivity contribution in [3.63, 3.8) is 0 Å². The van der Waals surface area contributed by atoms with Gasteiger partial charge in [-0.15, -0.1) is 0 Å². The number of hydrogen-bond acceptors (Lipinski definition) is 3. The second kappa shape index (κ2) is 6.58. The Morgan fingerprint density at radius 2 is 2.24 bits per heavy atom. The number of carbonyl (C=O) groups excluding carboxylic acids is 1. The fourth-order valence-electron chi connectivity index (χ4n) is 1.22. The number of pyridine rings is 1. The predicted octanol–water partition coefficient (Wildman–Crippen LogP) is 3.23. The van der Waals surface area contributed by atoms with Crippen molar-refractivity contribution in [1.29, 1.82) is 0 Å². The molecule has 0 radical (unpaired) electrons. The third kappa shape index (κ3) is 3.84. The summed E-state index contributed by atoms with van der Waals surface area (Å²) in [5, 5.41) is 0.447. The SMILES string of the molecule is COC(=O)Cc1nc(CBr)c(I)cc1C(F)F. The highest BCUT2D eigenvalue weighted by Crippen LogP contribution is 2.26. The third-order valence-corrected chi connectivity index (χ3v) is 3.53. The van der Waals surface area contributed by atoms with Crippen molar-refractivity contribution in [2.45, 2.75) is 18.2 Å². The fourth-order valence-corrected chi connectivity index (χ4v) is 2.82. The van der Waals surface area contributed by atoms with E-state index in [0.29, 0.717) is 14.6 Å². The molecule has 1 aromatic heterocycles. The normalized spacial score (nSPS) is 10.7. The average Bonchev–Trinajstić information content (AvgIpc) is 2.30. The van der Waals surface area contributed by atoms with Crippen molar-refractivity contribution in [3.8, 4) is 0 Å². The number of carbonyl (C=O) groups is 1. The lowest BCUT2D eigenvalue weighted by Crippen LogP contribution is -2.11. The summed E-state index contributed by atoms with van der Waals surface area (Å²) in [5.41, 5.74) is 0.486. The molecule has 0 aliphatic rings. The molecule has 0 saturated heterocycles. The van der Waals surface area contributed by atoms with Gasteiger partial charge in [0, 0.05) is 14.5 Å². The zero-order valence-electron chi connectivity index (χ0n) is 8.84. The first-order valence-corrected chi connectivity index (χ1v) is 6.78. The smallest absolute Gasteiger partial charge is 0.311 e. The number of ether oxygens (including phenoxy) is 1. The molecular formula is C10H9BrF2INO2. The molecule has 0 spiro atoms. The van der Waals surface area contributed by atoms with Gasteiger partial charge in [0.2, 0.25) is 0 Å². The van der Waals surface area contributed by atoms with E-state index in [0.717, 1.165) is 0 Å². The van der Waals surface area contributed by atoms with Crippen molar-refractivity contribution in [2.24, 2.45) is 0 Å². The number of nitrogens with zero attached hydrogens (tertiary/aromatic N) is 1. The molecule has 0 aliphatic heterocycles. The second-order valence-electron chi connectivity index (χ2n) is 3.14. The molecule has 1 heterocycles. The zero-order chi connectivity index (χ0) is 13.0. The Bertz CT molecular complexity index is 429. The van der Waals surface area contributed by atoms with Crippen LogP contribution in [0.5, 0.6) is 0 Å². The first-order chi connectivity index (χ1) is 7.99. The van der Waals surface area contributed by atoms with E-state index in [2.05, 4.69) is 25.7 Å². The Hall–Kier alpha value is -0.310. The minimum absolute atomic E-state index is 0.0710. The van der Waals surface area contributed by atoms with Crippen molar-refractivity contribution >= 4 is 44.5 Å². The summed E-state index contributed by atoms with van der Waals surface area (Å²) in [4.78, 5) is 15.2. The molecule has 0 aromatic carbocycles. The highest BCUT2D eigenvalue weighted by Gasteiger charge is 2.19. The molecule has 0 saturated carbocycles. The number of aromatic nitrogens is 1. The van der Waals surface area contributed by atoms with Gasteiger partial charge in [-0.25, -0.2) is 8.78 Å². The number of hydrogen-bond donors (Lipinski definition) is 0. The standard InChI is InChI=1S/C10H9BrF2INO2/c1-17-9(16)3-7-5(10(12)13)2-6(14)8(4-11)15-7/h2,10H,3-4H2,1H3. The molecule has 0 atom stereocenters. The molecule has 0 bridgehead atoms. The Morgan fingerprint density at radius 3 is 2.71 bits per heavy atom. The number of rotatable bonds is 4. The van der Waals surface area contributed by atoms with Gasteiger partial charge in [-0.3, -0.25) is 9.78 Å². The molecule has 0 aliphatic carbocycles. The second-order valence-corrected chi connectivity index (χ2v) is 4.86. The van der Waals surface area contributed by atoms with Crippen LogP contribution in [0.25, 0.3) is 0 Å². The quantitative estimate of drug-likeness (QED) is 0.427. The van der Waals surface area contributed by atoms with Crippen LogP contribution in [0.2, 0.25) is 0 Å². The van der Waals surface area contributed by atoms with Gasteiger partial charge in [0.25, 0.3) is 6.43 Å². The van der Waals surface area contributed by atoms with Gasteiger partial charge in [0.15, 0.2) is 0 Å². The van der Waals surface area contributed by atoms with Gasteiger partial charge in [-0.1, -0.05) is 15.9 Å². The van der Waals surface area contributed by atoms with Crippen molar-refractivity contribution < 1.29 is 18.3 Å². The first kappa shape index (κ1) is 14.7. The van der Waals surface area contributed by atoms with E-state index in [9.17, 15) is 13.6 Å². The Labute approximate surface area is 119 Å². The summed E-state index contributed by atoms with van der Waals surface area (Å²) in [5.74, 6) is -0.582. The van der Waals surface area contributed by atoms with Gasteiger partial charge < -0.3 is 4.74 Å². The van der Waals surface area contributed by atoms with Gasteiger partial charge in [0.1, 0.15) is 0 Å².